The van der Waals surface area contributed by atoms with Gasteiger partial charge in [-0.05, 0) is 60.0 Å². The maximum absolute atomic E-state index is 11.8. The summed E-state index contributed by atoms with van der Waals surface area (Å²) in [6, 6.07) is 12.6. The van der Waals surface area contributed by atoms with Crippen molar-refractivity contribution in [2.75, 3.05) is 10.6 Å². The fourth-order valence-electron chi connectivity index (χ4n) is 3.22. The third-order valence-electron chi connectivity index (χ3n) is 4.80. The molecule has 0 radical (unpaired) electrons. The van der Waals surface area contributed by atoms with Gasteiger partial charge in [0.1, 0.15) is 10.7 Å². The largest absolute Gasteiger partial charge is 0.340 e. The molecular formula is C20H16N4O9S3. The molecule has 188 valence electrons. The van der Waals surface area contributed by atoms with Crippen LogP contribution in [0.15, 0.2) is 81.5 Å². The van der Waals surface area contributed by atoms with E-state index in [-0.39, 0.29) is 21.6 Å². The lowest BCUT2D eigenvalue weighted by molar-refractivity contribution is 0.479. The molecule has 0 spiro atoms. The Kier molecular flexibility index (Phi) is 6.41. The van der Waals surface area contributed by atoms with Gasteiger partial charge in [-0.2, -0.15) is 30.2 Å². The number of fused-ring (bicyclic) bond motifs is 1. The number of nitrogens with zero attached hydrogens (tertiary/aromatic N) is 2. The van der Waals surface area contributed by atoms with Gasteiger partial charge in [0, 0.05) is 23.0 Å². The van der Waals surface area contributed by atoms with Gasteiger partial charge in [0.25, 0.3) is 30.4 Å². The number of hydrogen-bond acceptors (Lipinski definition) is 10. The van der Waals surface area contributed by atoms with E-state index in [1.807, 2.05) is 0 Å². The van der Waals surface area contributed by atoms with Gasteiger partial charge in [0.05, 0.1) is 9.79 Å². The molecule has 0 aliphatic carbocycles. The van der Waals surface area contributed by atoms with E-state index in [4.69, 9.17) is 4.55 Å². The third kappa shape index (κ3) is 5.76. The zero-order chi connectivity index (χ0) is 26.3. The number of aromatic nitrogens is 2. The topological polar surface area (TPSA) is 213 Å². The van der Waals surface area contributed by atoms with Gasteiger partial charge in [-0.3, -0.25) is 13.7 Å². The Morgan fingerprint density at radius 2 is 1.28 bits per heavy atom. The van der Waals surface area contributed by atoms with Gasteiger partial charge in [-0.25, -0.2) is 4.98 Å². The van der Waals surface area contributed by atoms with E-state index in [0.29, 0.717) is 23.3 Å². The van der Waals surface area contributed by atoms with Crippen LogP contribution in [0, 0.1) is 0 Å². The van der Waals surface area contributed by atoms with Crippen LogP contribution in [0.1, 0.15) is 0 Å². The highest BCUT2D eigenvalue weighted by Gasteiger charge is 2.20. The number of benzene rings is 3. The lowest BCUT2D eigenvalue weighted by atomic mass is 10.1. The van der Waals surface area contributed by atoms with Crippen LogP contribution in [0.4, 0.5) is 23.1 Å². The van der Waals surface area contributed by atoms with E-state index < -0.39 is 40.1 Å². The van der Waals surface area contributed by atoms with Gasteiger partial charge in [-0.1, -0.05) is 6.07 Å². The molecule has 5 N–H and O–H groups in total. The van der Waals surface area contributed by atoms with Crippen molar-refractivity contribution in [3.8, 4) is 0 Å². The van der Waals surface area contributed by atoms with Crippen LogP contribution in [0.2, 0.25) is 0 Å². The molecule has 0 aliphatic heterocycles. The molecule has 36 heavy (non-hydrogen) atoms. The highest BCUT2D eigenvalue weighted by Crippen LogP contribution is 2.30. The van der Waals surface area contributed by atoms with Crippen LogP contribution in [0.3, 0.4) is 0 Å². The molecule has 0 fully saturated rings. The van der Waals surface area contributed by atoms with Gasteiger partial charge >= 0.3 is 0 Å². The Morgan fingerprint density at radius 1 is 0.639 bits per heavy atom. The third-order valence-corrected chi connectivity index (χ3v) is 7.39. The predicted molar refractivity (Wildman–Crippen MR) is 128 cm³/mol. The van der Waals surface area contributed by atoms with E-state index in [1.165, 1.54) is 54.7 Å². The molecule has 0 aliphatic rings. The van der Waals surface area contributed by atoms with Crippen molar-refractivity contribution in [1.29, 1.82) is 0 Å². The molecule has 0 saturated heterocycles. The SMILES string of the molecule is O=S(=O)(O)c1ccc(Nc2ccnc(Nc3ccc4c(S(=O)(=O)O)cc(S(=O)(=O)O)cc4c3)n2)cc1. The second-order valence-electron chi connectivity index (χ2n) is 7.32. The van der Waals surface area contributed by atoms with Crippen LogP contribution >= 0.6 is 0 Å². The van der Waals surface area contributed by atoms with Crippen molar-refractivity contribution in [2.45, 2.75) is 14.7 Å². The van der Waals surface area contributed by atoms with Crippen molar-refractivity contribution in [1.82, 2.24) is 9.97 Å². The minimum Gasteiger partial charge on any atom is -0.340 e. The van der Waals surface area contributed by atoms with Crippen molar-refractivity contribution in [3.63, 3.8) is 0 Å². The van der Waals surface area contributed by atoms with Crippen LogP contribution in [0.25, 0.3) is 10.8 Å². The Labute approximate surface area is 205 Å². The monoisotopic (exact) mass is 552 g/mol. The van der Waals surface area contributed by atoms with Gasteiger partial charge in [0.15, 0.2) is 0 Å². The predicted octanol–water partition coefficient (Wildman–Crippen LogP) is 2.86. The molecule has 0 unspecified atom stereocenters. The first-order valence-electron chi connectivity index (χ1n) is 9.68. The average molecular weight is 553 g/mol. The summed E-state index contributed by atoms with van der Waals surface area (Å²) < 4.78 is 96.9. The van der Waals surface area contributed by atoms with Crippen molar-refractivity contribution in [3.05, 3.63) is 66.9 Å². The zero-order valence-corrected chi connectivity index (χ0v) is 20.2. The molecule has 3 aromatic carbocycles. The molecule has 4 rings (SSSR count). The zero-order valence-electron chi connectivity index (χ0n) is 17.8. The normalized spacial score (nSPS) is 12.4. The van der Waals surface area contributed by atoms with E-state index in [9.17, 15) is 34.4 Å². The number of nitrogens with one attached hydrogen (secondary N) is 2. The Hall–Kier alpha value is -3.67. The van der Waals surface area contributed by atoms with Crippen molar-refractivity contribution in [2.24, 2.45) is 0 Å². The number of anilines is 4. The second-order valence-corrected chi connectivity index (χ2v) is 11.6. The summed E-state index contributed by atoms with van der Waals surface area (Å²) in [5, 5.41) is 5.89. The number of rotatable bonds is 7. The summed E-state index contributed by atoms with van der Waals surface area (Å²) in [5.74, 6) is 0.407. The van der Waals surface area contributed by atoms with Crippen LogP contribution in [-0.4, -0.2) is 48.9 Å². The van der Waals surface area contributed by atoms with Crippen molar-refractivity contribution >= 4 is 64.3 Å². The van der Waals surface area contributed by atoms with Crippen molar-refractivity contribution < 1.29 is 38.9 Å². The molecule has 0 bridgehead atoms. The fourth-order valence-corrected chi connectivity index (χ4v) is 5.06. The lowest BCUT2D eigenvalue weighted by Gasteiger charge is -2.11. The summed E-state index contributed by atoms with van der Waals surface area (Å²) >= 11 is 0. The lowest BCUT2D eigenvalue weighted by Crippen LogP contribution is -2.05. The van der Waals surface area contributed by atoms with Crippen LogP contribution in [0.5, 0.6) is 0 Å². The maximum Gasteiger partial charge on any atom is 0.295 e. The average Bonchev–Trinajstić information content (AvgIpc) is 2.77. The van der Waals surface area contributed by atoms with E-state index in [2.05, 4.69) is 20.6 Å². The van der Waals surface area contributed by atoms with Gasteiger partial charge < -0.3 is 10.6 Å². The van der Waals surface area contributed by atoms with E-state index in [0.717, 1.165) is 6.07 Å². The quantitative estimate of drug-likeness (QED) is 0.209. The Morgan fingerprint density at radius 3 is 1.89 bits per heavy atom. The van der Waals surface area contributed by atoms with Gasteiger partial charge in [-0.15, -0.1) is 0 Å². The molecule has 1 aromatic heterocycles. The molecule has 16 heteroatoms. The molecule has 1 heterocycles. The molecule has 0 saturated carbocycles. The minimum atomic E-state index is -4.81. The smallest absolute Gasteiger partial charge is 0.295 e. The first-order valence-corrected chi connectivity index (χ1v) is 14.0. The molecular weight excluding hydrogens is 536 g/mol. The van der Waals surface area contributed by atoms with E-state index >= 15 is 0 Å². The molecule has 4 aromatic rings. The minimum absolute atomic E-state index is 0.0140. The summed E-state index contributed by atoms with van der Waals surface area (Å²) in [7, 11) is -13.9. The summed E-state index contributed by atoms with van der Waals surface area (Å²) in [4.78, 5) is 6.64. The second kappa shape index (κ2) is 9.08. The first-order chi connectivity index (χ1) is 16.7. The fraction of sp³-hybridized carbons (Fsp3) is 0. The highest BCUT2D eigenvalue weighted by molar-refractivity contribution is 7.87. The Balaban J connectivity index is 1.64. The molecule has 13 nitrogen and oxygen atoms in total. The maximum atomic E-state index is 11.8. The highest BCUT2D eigenvalue weighted by atomic mass is 32.2. The Bertz CT molecular complexity index is 1810. The summed E-state index contributed by atoms with van der Waals surface area (Å²) in [5.41, 5.74) is 0.791. The summed E-state index contributed by atoms with van der Waals surface area (Å²) in [6.45, 7) is 0. The first kappa shape index (κ1) is 25.4. The number of hydrogen-bond donors (Lipinski definition) is 5. The molecule has 0 atom stereocenters. The summed E-state index contributed by atoms with van der Waals surface area (Å²) in [6.07, 6.45) is 1.41. The van der Waals surface area contributed by atoms with Crippen LogP contribution in [-0.2, 0) is 30.4 Å². The standard InChI is InChI=1S/C20H16N4O9S3/c25-34(26,27)15-4-1-13(2-5-15)22-19-7-8-21-20(24-19)23-14-3-6-17-12(9-14)10-16(35(28,29)30)11-18(17)36(31,32)33/h1-11H,(H,25,26,27)(H,28,29,30)(H,31,32,33)(H2,21,22,23,24). The van der Waals surface area contributed by atoms with E-state index in [1.54, 1.807) is 0 Å². The van der Waals surface area contributed by atoms with Crippen LogP contribution < -0.4 is 10.6 Å². The molecule has 0 amide bonds. The van der Waals surface area contributed by atoms with Gasteiger partial charge in [0.2, 0.25) is 5.95 Å².